The molecule has 0 saturated carbocycles. The van der Waals surface area contributed by atoms with E-state index in [-0.39, 0.29) is 0 Å². The molecule has 8 aromatic rings. The van der Waals surface area contributed by atoms with Crippen LogP contribution in [0.1, 0.15) is 22.3 Å². The molecule has 0 amide bonds. The van der Waals surface area contributed by atoms with E-state index in [4.69, 9.17) is 9.15 Å². The average molecular weight is 575 g/mol. The molecule has 0 saturated heterocycles. The van der Waals surface area contributed by atoms with E-state index in [2.05, 4.69) is 146 Å². The molecule has 1 aliphatic heterocycles. The van der Waals surface area contributed by atoms with Crippen LogP contribution in [0.5, 0.6) is 11.5 Å². The second-order valence-corrected chi connectivity index (χ2v) is 12.0. The Morgan fingerprint density at radius 1 is 0.356 bits per heavy atom. The van der Waals surface area contributed by atoms with Crippen LogP contribution in [0.3, 0.4) is 0 Å². The van der Waals surface area contributed by atoms with Gasteiger partial charge in [-0.2, -0.15) is 0 Å². The summed E-state index contributed by atoms with van der Waals surface area (Å²) in [4.78, 5) is 0. The van der Waals surface area contributed by atoms with Gasteiger partial charge in [0.15, 0.2) is 0 Å². The van der Waals surface area contributed by atoms with E-state index < -0.39 is 5.41 Å². The minimum atomic E-state index is -0.444. The molecule has 0 fully saturated rings. The smallest absolute Gasteiger partial charge is 0.135 e. The summed E-state index contributed by atoms with van der Waals surface area (Å²) in [6, 6.07) is 56.5. The summed E-state index contributed by atoms with van der Waals surface area (Å²) in [5.41, 5.74) is 13.5. The van der Waals surface area contributed by atoms with Gasteiger partial charge < -0.3 is 9.15 Å². The first kappa shape index (κ1) is 24.6. The molecule has 1 spiro atoms. The van der Waals surface area contributed by atoms with Crippen LogP contribution in [0.2, 0.25) is 0 Å². The summed E-state index contributed by atoms with van der Waals surface area (Å²) in [6.45, 7) is 0. The largest absolute Gasteiger partial charge is 0.457 e. The Morgan fingerprint density at radius 3 is 1.73 bits per heavy atom. The zero-order valence-corrected chi connectivity index (χ0v) is 24.3. The number of furan rings is 1. The van der Waals surface area contributed by atoms with Crippen molar-refractivity contribution in [3.05, 3.63) is 180 Å². The Bertz CT molecular complexity index is 2430. The van der Waals surface area contributed by atoms with E-state index in [1.165, 1.54) is 38.9 Å². The predicted molar refractivity (Wildman–Crippen MR) is 182 cm³/mol. The number of rotatable bonds is 2. The van der Waals surface area contributed by atoms with Gasteiger partial charge in [0.25, 0.3) is 0 Å². The highest BCUT2D eigenvalue weighted by Gasteiger charge is 2.50. The number of ether oxygens (including phenoxy) is 1. The van der Waals surface area contributed by atoms with E-state index in [9.17, 15) is 0 Å². The normalized spacial score (nSPS) is 13.7. The molecule has 10 rings (SSSR count). The monoisotopic (exact) mass is 574 g/mol. The van der Waals surface area contributed by atoms with Gasteiger partial charge in [0.2, 0.25) is 0 Å². The maximum Gasteiger partial charge on any atom is 0.135 e. The summed E-state index contributed by atoms with van der Waals surface area (Å²) in [5, 5.41) is 2.28. The fraction of sp³-hybridized carbons (Fsp3) is 0.0233. The topological polar surface area (TPSA) is 22.4 Å². The first-order valence-electron chi connectivity index (χ1n) is 15.4. The Balaban J connectivity index is 1.14. The van der Waals surface area contributed by atoms with Crippen LogP contribution in [0.25, 0.3) is 55.3 Å². The van der Waals surface area contributed by atoms with Gasteiger partial charge in [-0.3, -0.25) is 0 Å². The standard InChI is InChI=1S/C43H26O2/c1-4-15-35-31(12-1)32-13-2-5-16-36(32)43(35)37-17-6-8-19-41(37)45-42-26-30(20-22-38(42)43)28-11-9-10-27(24-28)29-21-23-40-34(25-29)33-14-3-7-18-39(33)44-40/h1-26H. The van der Waals surface area contributed by atoms with Gasteiger partial charge >= 0.3 is 0 Å². The molecule has 1 aliphatic carbocycles. The Hall–Kier alpha value is -5.86. The number of hydrogen-bond acceptors (Lipinski definition) is 2. The zero-order valence-electron chi connectivity index (χ0n) is 24.3. The lowest BCUT2D eigenvalue weighted by Gasteiger charge is -2.39. The molecule has 7 aromatic carbocycles. The number of para-hydroxylation sites is 2. The molecule has 2 heterocycles. The van der Waals surface area contributed by atoms with E-state index >= 15 is 0 Å². The van der Waals surface area contributed by atoms with Gasteiger partial charge in [-0.15, -0.1) is 0 Å². The van der Waals surface area contributed by atoms with Gasteiger partial charge in [0.05, 0.1) is 5.41 Å². The van der Waals surface area contributed by atoms with Gasteiger partial charge in [-0.25, -0.2) is 0 Å². The molecule has 2 nitrogen and oxygen atoms in total. The number of fused-ring (bicyclic) bond motifs is 12. The Labute approximate surface area is 260 Å². The third kappa shape index (κ3) is 3.34. The molecule has 45 heavy (non-hydrogen) atoms. The second kappa shape index (κ2) is 9.07. The average Bonchev–Trinajstić information content (AvgIpc) is 3.62. The van der Waals surface area contributed by atoms with E-state index in [0.717, 1.165) is 50.1 Å². The van der Waals surface area contributed by atoms with Gasteiger partial charge in [-0.05, 0) is 80.9 Å². The first-order chi connectivity index (χ1) is 22.3. The summed E-state index contributed by atoms with van der Waals surface area (Å²) >= 11 is 0. The fourth-order valence-electron chi connectivity index (χ4n) is 7.82. The van der Waals surface area contributed by atoms with Crippen molar-refractivity contribution in [3.63, 3.8) is 0 Å². The maximum absolute atomic E-state index is 6.74. The first-order valence-corrected chi connectivity index (χ1v) is 15.4. The molecule has 0 radical (unpaired) electrons. The van der Waals surface area contributed by atoms with Crippen molar-refractivity contribution in [3.8, 4) is 44.9 Å². The SMILES string of the molecule is c1cc(-c2ccc3c(c2)Oc2ccccc2C32c3ccccc3-c3ccccc32)cc(-c2ccc3oc4ccccc4c3c2)c1. The molecule has 210 valence electrons. The summed E-state index contributed by atoms with van der Waals surface area (Å²) in [6.07, 6.45) is 0. The van der Waals surface area contributed by atoms with Gasteiger partial charge in [0.1, 0.15) is 22.7 Å². The van der Waals surface area contributed by atoms with Crippen LogP contribution in [-0.2, 0) is 5.41 Å². The fourth-order valence-corrected chi connectivity index (χ4v) is 7.82. The molecule has 0 N–H and O–H groups in total. The van der Waals surface area contributed by atoms with Crippen molar-refractivity contribution in [1.82, 2.24) is 0 Å². The van der Waals surface area contributed by atoms with Crippen molar-refractivity contribution in [1.29, 1.82) is 0 Å². The minimum absolute atomic E-state index is 0.444. The highest BCUT2D eigenvalue weighted by Crippen LogP contribution is 2.62. The van der Waals surface area contributed by atoms with Crippen molar-refractivity contribution in [2.75, 3.05) is 0 Å². The highest BCUT2D eigenvalue weighted by atomic mass is 16.5. The minimum Gasteiger partial charge on any atom is -0.457 e. The molecule has 2 heteroatoms. The van der Waals surface area contributed by atoms with Crippen molar-refractivity contribution in [2.45, 2.75) is 5.41 Å². The molecule has 1 aromatic heterocycles. The van der Waals surface area contributed by atoms with Gasteiger partial charge in [-0.1, -0.05) is 121 Å². The number of benzene rings is 7. The molecular formula is C43H26O2. The van der Waals surface area contributed by atoms with Crippen LogP contribution < -0.4 is 4.74 Å². The van der Waals surface area contributed by atoms with Crippen LogP contribution in [0.15, 0.2) is 162 Å². The highest BCUT2D eigenvalue weighted by molar-refractivity contribution is 6.06. The predicted octanol–water partition coefficient (Wildman–Crippen LogP) is 11.4. The lowest BCUT2D eigenvalue weighted by molar-refractivity contribution is 0.436. The number of hydrogen-bond donors (Lipinski definition) is 0. The van der Waals surface area contributed by atoms with E-state index in [0.29, 0.717) is 0 Å². The molecule has 0 bridgehead atoms. The second-order valence-electron chi connectivity index (χ2n) is 12.0. The Kier molecular flexibility index (Phi) is 4.95. The van der Waals surface area contributed by atoms with Crippen molar-refractivity contribution < 1.29 is 9.15 Å². The summed E-state index contributed by atoms with van der Waals surface area (Å²) in [7, 11) is 0. The van der Waals surface area contributed by atoms with Crippen LogP contribution in [0.4, 0.5) is 0 Å². The van der Waals surface area contributed by atoms with Crippen LogP contribution >= 0.6 is 0 Å². The Morgan fingerprint density at radius 2 is 0.933 bits per heavy atom. The lowest BCUT2D eigenvalue weighted by Crippen LogP contribution is -2.32. The molecule has 0 atom stereocenters. The van der Waals surface area contributed by atoms with Crippen LogP contribution in [0, 0.1) is 0 Å². The summed E-state index contributed by atoms with van der Waals surface area (Å²) < 4.78 is 12.8. The molecule has 2 aliphatic rings. The van der Waals surface area contributed by atoms with Crippen molar-refractivity contribution >= 4 is 21.9 Å². The van der Waals surface area contributed by atoms with Crippen molar-refractivity contribution in [2.24, 2.45) is 0 Å². The third-order valence-corrected chi connectivity index (χ3v) is 9.75. The van der Waals surface area contributed by atoms with E-state index in [1.807, 2.05) is 12.1 Å². The zero-order chi connectivity index (χ0) is 29.5. The third-order valence-electron chi connectivity index (χ3n) is 9.75. The quantitative estimate of drug-likeness (QED) is 0.205. The molecular weight excluding hydrogens is 548 g/mol. The maximum atomic E-state index is 6.74. The summed E-state index contributed by atoms with van der Waals surface area (Å²) in [5.74, 6) is 1.80. The molecule has 0 unspecified atom stereocenters. The van der Waals surface area contributed by atoms with Crippen LogP contribution in [-0.4, -0.2) is 0 Å². The van der Waals surface area contributed by atoms with Gasteiger partial charge in [0, 0.05) is 21.9 Å². The lowest BCUT2D eigenvalue weighted by atomic mass is 9.66. The van der Waals surface area contributed by atoms with E-state index in [1.54, 1.807) is 0 Å².